The summed E-state index contributed by atoms with van der Waals surface area (Å²) in [5.74, 6) is 1.67. The number of rotatable bonds is 2. The van der Waals surface area contributed by atoms with Gasteiger partial charge in [0, 0.05) is 25.6 Å². The van der Waals surface area contributed by atoms with Crippen molar-refractivity contribution in [3.05, 3.63) is 12.2 Å². The molecule has 0 unspecified atom stereocenters. The molecule has 6 heteroatoms. The Morgan fingerprint density at radius 3 is 2.89 bits per heavy atom. The molecule has 0 spiro atoms. The summed E-state index contributed by atoms with van der Waals surface area (Å²) in [6.45, 7) is 2.19. The molecule has 1 aromatic heterocycles. The summed E-state index contributed by atoms with van der Waals surface area (Å²) >= 11 is 0. The lowest BCUT2D eigenvalue weighted by Crippen LogP contribution is -2.39. The van der Waals surface area contributed by atoms with Gasteiger partial charge >= 0.3 is 0 Å². The second kappa shape index (κ2) is 5.28. The molecule has 1 amide bonds. The lowest BCUT2D eigenvalue weighted by atomic mass is 9.84. The van der Waals surface area contributed by atoms with E-state index in [4.69, 9.17) is 5.73 Å². The monoisotopic (exact) mass is 263 g/mol. The van der Waals surface area contributed by atoms with Crippen LogP contribution in [0.3, 0.4) is 0 Å². The fourth-order valence-electron chi connectivity index (χ4n) is 3.05. The second-order valence-electron chi connectivity index (χ2n) is 5.74. The van der Waals surface area contributed by atoms with Gasteiger partial charge in [0.2, 0.25) is 5.91 Å². The van der Waals surface area contributed by atoms with Crippen molar-refractivity contribution in [1.82, 2.24) is 19.7 Å². The van der Waals surface area contributed by atoms with Gasteiger partial charge in [-0.25, -0.2) is 0 Å². The molecule has 1 aliphatic carbocycles. The minimum absolute atomic E-state index is 0.259. The molecule has 2 heterocycles. The third-order valence-corrected chi connectivity index (χ3v) is 4.35. The number of hydrogen-bond donors (Lipinski definition) is 1. The van der Waals surface area contributed by atoms with Crippen molar-refractivity contribution >= 4 is 5.91 Å². The van der Waals surface area contributed by atoms with Gasteiger partial charge in [0.15, 0.2) is 5.82 Å². The molecule has 2 N–H and O–H groups in total. The van der Waals surface area contributed by atoms with Gasteiger partial charge in [-0.05, 0) is 31.6 Å². The van der Waals surface area contributed by atoms with Crippen LogP contribution in [-0.4, -0.2) is 38.2 Å². The Labute approximate surface area is 113 Å². The van der Waals surface area contributed by atoms with Crippen LogP contribution in [0, 0.1) is 5.92 Å². The number of aromatic nitrogens is 3. The molecule has 3 rings (SSSR count). The fraction of sp³-hybridized carbons (Fsp3) is 0.769. The second-order valence-corrected chi connectivity index (χ2v) is 5.74. The highest BCUT2D eigenvalue weighted by Crippen LogP contribution is 2.27. The quantitative estimate of drug-likeness (QED) is 0.844. The van der Waals surface area contributed by atoms with E-state index in [0.717, 1.165) is 44.6 Å². The van der Waals surface area contributed by atoms with Crippen LogP contribution >= 0.6 is 0 Å². The Morgan fingerprint density at radius 1 is 1.32 bits per heavy atom. The summed E-state index contributed by atoms with van der Waals surface area (Å²) in [6, 6.07) is 0.347. The summed E-state index contributed by atoms with van der Waals surface area (Å²) in [4.78, 5) is 14.2. The van der Waals surface area contributed by atoms with E-state index in [0.29, 0.717) is 24.9 Å². The van der Waals surface area contributed by atoms with Crippen molar-refractivity contribution < 1.29 is 4.79 Å². The van der Waals surface area contributed by atoms with E-state index in [2.05, 4.69) is 10.2 Å². The van der Waals surface area contributed by atoms with Gasteiger partial charge in [-0.1, -0.05) is 0 Å². The molecular formula is C13H21N5O. The average molecular weight is 263 g/mol. The SMILES string of the molecule is NC1CCC(CC(=O)N2CCn3cnnc3C2)CC1. The lowest BCUT2D eigenvalue weighted by molar-refractivity contribution is -0.134. The van der Waals surface area contributed by atoms with E-state index < -0.39 is 0 Å². The summed E-state index contributed by atoms with van der Waals surface area (Å²) in [6.07, 6.45) is 6.72. The molecule has 6 nitrogen and oxygen atoms in total. The molecule has 0 radical (unpaired) electrons. The topological polar surface area (TPSA) is 77.0 Å². The summed E-state index contributed by atoms with van der Waals surface area (Å²) in [5.41, 5.74) is 5.90. The van der Waals surface area contributed by atoms with Crippen molar-refractivity contribution in [2.75, 3.05) is 6.54 Å². The van der Waals surface area contributed by atoms with Crippen LogP contribution in [0.2, 0.25) is 0 Å². The molecule has 1 saturated carbocycles. The molecule has 1 aliphatic heterocycles. The minimum Gasteiger partial charge on any atom is -0.333 e. The molecule has 0 aromatic carbocycles. The highest BCUT2D eigenvalue weighted by atomic mass is 16.2. The zero-order chi connectivity index (χ0) is 13.2. The number of hydrogen-bond acceptors (Lipinski definition) is 4. The molecule has 104 valence electrons. The third kappa shape index (κ3) is 2.78. The van der Waals surface area contributed by atoms with Gasteiger partial charge in [-0.2, -0.15) is 0 Å². The molecule has 2 aliphatic rings. The van der Waals surface area contributed by atoms with Crippen molar-refractivity contribution in [3.8, 4) is 0 Å². The highest BCUT2D eigenvalue weighted by molar-refractivity contribution is 5.76. The van der Waals surface area contributed by atoms with Crippen LogP contribution in [0.25, 0.3) is 0 Å². The van der Waals surface area contributed by atoms with E-state index in [1.807, 2.05) is 9.47 Å². The summed E-state index contributed by atoms with van der Waals surface area (Å²) in [7, 11) is 0. The Balaban J connectivity index is 1.54. The van der Waals surface area contributed by atoms with Crippen molar-refractivity contribution in [2.45, 2.75) is 51.2 Å². The van der Waals surface area contributed by atoms with E-state index in [1.54, 1.807) is 6.33 Å². The maximum atomic E-state index is 12.3. The Hall–Kier alpha value is -1.43. The maximum Gasteiger partial charge on any atom is 0.223 e. The zero-order valence-electron chi connectivity index (χ0n) is 11.2. The highest BCUT2D eigenvalue weighted by Gasteiger charge is 2.26. The predicted molar refractivity (Wildman–Crippen MR) is 70.0 cm³/mol. The first kappa shape index (κ1) is 12.6. The molecule has 1 aromatic rings. The van der Waals surface area contributed by atoms with Crippen LogP contribution in [0.15, 0.2) is 6.33 Å². The molecular weight excluding hydrogens is 242 g/mol. The largest absolute Gasteiger partial charge is 0.333 e. The van der Waals surface area contributed by atoms with Gasteiger partial charge in [-0.3, -0.25) is 4.79 Å². The molecule has 0 saturated heterocycles. The first-order valence-electron chi connectivity index (χ1n) is 7.12. The predicted octanol–water partition coefficient (Wildman–Crippen LogP) is 0.528. The fourth-order valence-corrected chi connectivity index (χ4v) is 3.05. The maximum absolute atomic E-state index is 12.3. The van der Waals surface area contributed by atoms with E-state index in [1.165, 1.54) is 0 Å². The minimum atomic E-state index is 0.259. The molecule has 0 atom stereocenters. The Morgan fingerprint density at radius 2 is 2.11 bits per heavy atom. The summed E-state index contributed by atoms with van der Waals surface area (Å²) < 4.78 is 2.02. The summed E-state index contributed by atoms with van der Waals surface area (Å²) in [5, 5.41) is 7.93. The van der Waals surface area contributed by atoms with Gasteiger partial charge in [-0.15, -0.1) is 10.2 Å². The van der Waals surface area contributed by atoms with Crippen LogP contribution in [-0.2, 0) is 17.9 Å². The molecule has 1 fully saturated rings. The first-order valence-corrected chi connectivity index (χ1v) is 7.12. The van der Waals surface area contributed by atoms with Gasteiger partial charge in [0.25, 0.3) is 0 Å². The van der Waals surface area contributed by atoms with Crippen LogP contribution in [0.4, 0.5) is 0 Å². The standard InChI is InChI=1S/C13H21N5O/c14-11-3-1-10(2-4-11)7-13(19)17-5-6-18-9-15-16-12(18)8-17/h9-11H,1-8,14H2. The smallest absolute Gasteiger partial charge is 0.223 e. The number of nitrogens with two attached hydrogens (primary N) is 1. The number of carbonyl (C=O) groups is 1. The first-order chi connectivity index (χ1) is 9.22. The Bertz CT molecular complexity index is 450. The van der Waals surface area contributed by atoms with E-state index >= 15 is 0 Å². The lowest BCUT2D eigenvalue weighted by Gasteiger charge is -2.30. The third-order valence-electron chi connectivity index (χ3n) is 4.35. The van der Waals surface area contributed by atoms with Crippen LogP contribution in [0.1, 0.15) is 37.9 Å². The van der Waals surface area contributed by atoms with Crippen molar-refractivity contribution in [2.24, 2.45) is 11.7 Å². The number of fused-ring (bicyclic) bond motifs is 1. The number of amides is 1. The van der Waals surface area contributed by atoms with E-state index in [9.17, 15) is 4.79 Å². The van der Waals surface area contributed by atoms with Crippen molar-refractivity contribution in [3.63, 3.8) is 0 Å². The Kier molecular flexibility index (Phi) is 3.50. The van der Waals surface area contributed by atoms with Crippen LogP contribution < -0.4 is 5.73 Å². The number of nitrogens with zero attached hydrogens (tertiary/aromatic N) is 4. The average Bonchev–Trinajstić information content (AvgIpc) is 2.88. The van der Waals surface area contributed by atoms with Gasteiger partial charge < -0.3 is 15.2 Å². The zero-order valence-corrected chi connectivity index (χ0v) is 11.2. The van der Waals surface area contributed by atoms with Gasteiger partial charge in [0.05, 0.1) is 6.54 Å². The van der Waals surface area contributed by atoms with Gasteiger partial charge in [0.1, 0.15) is 6.33 Å². The molecule has 19 heavy (non-hydrogen) atoms. The number of carbonyl (C=O) groups excluding carboxylic acids is 1. The normalized spacial score (nSPS) is 27.1. The van der Waals surface area contributed by atoms with Crippen LogP contribution in [0.5, 0.6) is 0 Å². The van der Waals surface area contributed by atoms with E-state index in [-0.39, 0.29) is 5.91 Å². The van der Waals surface area contributed by atoms with Crippen molar-refractivity contribution in [1.29, 1.82) is 0 Å². The molecule has 0 bridgehead atoms.